The van der Waals surface area contributed by atoms with Gasteiger partial charge < -0.3 is 5.32 Å². The molecule has 2 fully saturated rings. The summed E-state index contributed by atoms with van der Waals surface area (Å²) < 4.78 is 26.6. The van der Waals surface area contributed by atoms with Crippen molar-refractivity contribution in [3.05, 3.63) is 35.4 Å². The molecule has 0 aromatic heterocycles. The van der Waals surface area contributed by atoms with E-state index in [-0.39, 0.29) is 30.2 Å². The van der Waals surface area contributed by atoms with Crippen LogP contribution in [0.25, 0.3) is 0 Å². The molecule has 0 bridgehead atoms. The van der Waals surface area contributed by atoms with E-state index in [4.69, 9.17) is 0 Å². The van der Waals surface area contributed by atoms with Crippen molar-refractivity contribution in [2.24, 2.45) is 0 Å². The van der Waals surface area contributed by atoms with E-state index in [1.165, 1.54) is 4.31 Å². The maximum Gasteiger partial charge on any atom is 0.221 e. The fourth-order valence-electron chi connectivity index (χ4n) is 3.02. The number of carbonyl (C=O) groups is 1. The molecule has 0 aliphatic carbocycles. The number of carbonyl (C=O) groups excluding carboxylic acids is 1. The highest BCUT2D eigenvalue weighted by atomic mass is 32.2. The van der Waals surface area contributed by atoms with Crippen LogP contribution in [0.15, 0.2) is 24.3 Å². The molecule has 1 N–H and O–H groups in total. The highest BCUT2D eigenvalue weighted by Crippen LogP contribution is 2.29. The first-order valence-corrected chi connectivity index (χ1v) is 8.41. The van der Waals surface area contributed by atoms with Gasteiger partial charge in [-0.1, -0.05) is 29.8 Å². The fraction of sp³-hybridized carbons (Fsp3) is 0.500. The highest BCUT2D eigenvalue weighted by Gasteiger charge is 2.46. The lowest BCUT2D eigenvalue weighted by atomic mass is 10.1. The van der Waals surface area contributed by atoms with Crippen LogP contribution in [0.2, 0.25) is 0 Å². The average Bonchev–Trinajstić information content (AvgIpc) is 2.90. The second kappa shape index (κ2) is 4.86. The molecule has 0 radical (unpaired) electrons. The molecule has 0 unspecified atom stereocenters. The minimum atomic E-state index is -3.36. The van der Waals surface area contributed by atoms with Crippen LogP contribution in [0.4, 0.5) is 0 Å². The smallest absolute Gasteiger partial charge is 0.221 e. The number of amides is 1. The molecule has 1 aromatic carbocycles. The number of aryl methyl sites for hydroxylation is 1. The second-order valence-corrected chi connectivity index (χ2v) is 7.51. The van der Waals surface area contributed by atoms with Crippen molar-refractivity contribution in [3.63, 3.8) is 0 Å². The lowest BCUT2D eigenvalue weighted by molar-refractivity contribution is -0.119. The molecule has 2 saturated heterocycles. The third-order valence-electron chi connectivity index (χ3n) is 4.06. The summed E-state index contributed by atoms with van der Waals surface area (Å²) in [6.45, 7) is 2.48. The molecule has 3 rings (SSSR count). The molecule has 108 valence electrons. The Morgan fingerprint density at radius 3 is 2.70 bits per heavy atom. The summed E-state index contributed by atoms with van der Waals surface area (Å²) >= 11 is 0. The first kappa shape index (κ1) is 13.6. The Morgan fingerprint density at radius 1 is 1.30 bits per heavy atom. The molecular formula is C14H18N2O3S. The molecule has 20 heavy (non-hydrogen) atoms. The monoisotopic (exact) mass is 294 g/mol. The van der Waals surface area contributed by atoms with Crippen molar-refractivity contribution < 1.29 is 13.2 Å². The number of fused-ring (bicyclic) bond motifs is 1. The predicted molar refractivity (Wildman–Crippen MR) is 75.5 cm³/mol. The van der Waals surface area contributed by atoms with Crippen LogP contribution in [-0.4, -0.2) is 37.3 Å². The molecule has 0 saturated carbocycles. The van der Waals surface area contributed by atoms with Crippen LogP contribution in [0, 0.1) is 6.92 Å². The van der Waals surface area contributed by atoms with Crippen LogP contribution in [0.5, 0.6) is 0 Å². The quantitative estimate of drug-likeness (QED) is 0.896. The summed E-state index contributed by atoms with van der Waals surface area (Å²) in [6, 6.07) is 7.32. The zero-order chi connectivity index (χ0) is 14.3. The molecule has 2 heterocycles. The minimum Gasteiger partial charge on any atom is -0.352 e. The summed E-state index contributed by atoms with van der Waals surface area (Å²) in [4.78, 5) is 11.4. The van der Waals surface area contributed by atoms with E-state index in [0.29, 0.717) is 13.0 Å². The zero-order valence-corrected chi connectivity index (χ0v) is 12.2. The number of nitrogens with one attached hydrogen (secondary N) is 1. The summed E-state index contributed by atoms with van der Waals surface area (Å²) in [5.41, 5.74) is 1.90. The lowest BCUT2D eigenvalue weighted by Crippen LogP contribution is -2.39. The number of hydrogen-bond donors (Lipinski definition) is 1. The summed E-state index contributed by atoms with van der Waals surface area (Å²) in [6.07, 6.45) is 1.00. The average molecular weight is 294 g/mol. The van der Waals surface area contributed by atoms with E-state index >= 15 is 0 Å². The summed E-state index contributed by atoms with van der Waals surface area (Å²) in [5.74, 6) is -0.0414. The number of sulfonamides is 1. The van der Waals surface area contributed by atoms with E-state index < -0.39 is 10.0 Å². The van der Waals surface area contributed by atoms with E-state index in [9.17, 15) is 13.2 Å². The van der Waals surface area contributed by atoms with Crippen molar-refractivity contribution in [1.29, 1.82) is 0 Å². The highest BCUT2D eigenvalue weighted by molar-refractivity contribution is 7.88. The Labute approximate surface area is 119 Å². The number of benzene rings is 1. The molecule has 6 heteroatoms. The molecule has 1 aromatic rings. The van der Waals surface area contributed by atoms with E-state index in [1.807, 2.05) is 31.2 Å². The fourth-order valence-corrected chi connectivity index (χ4v) is 4.81. The standard InChI is InChI=1S/C14H18N2O3S/c1-10-2-4-11(5-3-10)9-20(18,19)16-7-6-12-13(16)8-14(17)15-12/h2-5,12-13H,6-9H2,1H3,(H,15,17)/t12-,13+/m0/s1. The SMILES string of the molecule is Cc1ccc(CS(=O)(=O)N2CC[C@@H]3NC(=O)C[C@H]32)cc1. The van der Waals surface area contributed by atoms with Gasteiger partial charge in [0.2, 0.25) is 15.9 Å². The van der Waals surface area contributed by atoms with Crippen LogP contribution >= 0.6 is 0 Å². The topological polar surface area (TPSA) is 66.5 Å². The molecule has 0 spiro atoms. The Morgan fingerprint density at radius 2 is 2.00 bits per heavy atom. The first-order chi connectivity index (χ1) is 9.45. The van der Waals surface area contributed by atoms with Crippen LogP contribution in [0.1, 0.15) is 24.0 Å². The number of rotatable bonds is 3. The first-order valence-electron chi connectivity index (χ1n) is 6.80. The van der Waals surface area contributed by atoms with Crippen molar-refractivity contribution in [2.75, 3.05) is 6.54 Å². The predicted octanol–water partition coefficient (Wildman–Crippen LogP) is 0.788. The van der Waals surface area contributed by atoms with Gasteiger partial charge in [0.1, 0.15) is 0 Å². The molecule has 2 atom stereocenters. The van der Waals surface area contributed by atoms with Gasteiger partial charge >= 0.3 is 0 Å². The van der Waals surface area contributed by atoms with Gasteiger partial charge in [-0.25, -0.2) is 8.42 Å². The van der Waals surface area contributed by atoms with Gasteiger partial charge in [-0.05, 0) is 18.9 Å². The van der Waals surface area contributed by atoms with E-state index in [0.717, 1.165) is 11.1 Å². The van der Waals surface area contributed by atoms with Gasteiger partial charge in [-0.3, -0.25) is 4.79 Å². The van der Waals surface area contributed by atoms with Crippen molar-refractivity contribution >= 4 is 15.9 Å². The third kappa shape index (κ3) is 2.45. The van der Waals surface area contributed by atoms with Crippen LogP contribution < -0.4 is 5.32 Å². The largest absolute Gasteiger partial charge is 0.352 e. The minimum absolute atomic E-state index is 0.00436. The molecular weight excluding hydrogens is 276 g/mol. The van der Waals surface area contributed by atoms with Crippen molar-refractivity contribution in [3.8, 4) is 0 Å². The lowest BCUT2D eigenvalue weighted by Gasteiger charge is -2.22. The van der Waals surface area contributed by atoms with Crippen molar-refractivity contribution in [1.82, 2.24) is 9.62 Å². The van der Waals surface area contributed by atoms with E-state index in [1.54, 1.807) is 0 Å². The molecule has 2 aliphatic heterocycles. The van der Waals surface area contributed by atoms with Gasteiger partial charge in [-0.15, -0.1) is 0 Å². The summed E-state index contributed by atoms with van der Waals surface area (Å²) in [7, 11) is -3.36. The Hall–Kier alpha value is -1.40. The number of hydrogen-bond acceptors (Lipinski definition) is 3. The normalized spacial score (nSPS) is 26.6. The molecule has 2 aliphatic rings. The van der Waals surface area contributed by atoms with Crippen molar-refractivity contribution in [2.45, 2.75) is 37.6 Å². The zero-order valence-electron chi connectivity index (χ0n) is 11.4. The van der Waals surface area contributed by atoms with Gasteiger partial charge in [0.05, 0.1) is 11.8 Å². The second-order valence-electron chi connectivity index (χ2n) is 5.59. The summed E-state index contributed by atoms with van der Waals surface area (Å²) in [5, 5.41) is 2.84. The maximum atomic E-state index is 12.5. The van der Waals surface area contributed by atoms with Crippen LogP contribution in [-0.2, 0) is 20.6 Å². The van der Waals surface area contributed by atoms with Crippen LogP contribution in [0.3, 0.4) is 0 Å². The van der Waals surface area contributed by atoms with Gasteiger partial charge in [0, 0.05) is 19.0 Å². The molecule has 5 nitrogen and oxygen atoms in total. The third-order valence-corrected chi connectivity index (χ3v) is 5.93. The van der Waals surface area contributed by atoms with E-state index in [2.05, 4.69) is 5.32 Å². The maximum absolute atomic E-state index is 12.5. The Bertz CT molecular complexity index is 624. The number of nitrogens with zero attached hydrogens (tertiary/aromatic N) is 1. The molecule has 1 amide bonds. The van der Waals surface area contributed by atoms with Gasteiger partial charge in [-0.2, -0.15) is 4.31 Å². The van der Waals surface area contributed by atoms with Gasteiger partial charge in [0.15, 0.2) is 0 Å². The Balaban J connectivity index is 1.78. The van der Waals surface area contributed by atoms with Gasteiger partial charge in [0.25, 0.3) is 0 Å². The Kier molecular flexibility index (Phi) is 3.30.